The maximum atomic E-state index is 12.2. The summed E-state index contributed by atoms with van der Waals surface area (Å²) in [6, 6.07) is 0.455. The summed E-state index contributed by atoms with van der Waals surface area (Å²) in [4.78, 5) is 12.2. The van der Waals surface area contributed by atoms with E-state index in [4.69, 9.17) is 9.47 Å². The van der Waals surface area contributed by atoms with Crippen molar-refractivity contribution in [3.63, 3.8) is 0 Å². The monoisotopic (exact) mass is 381 g/mol. The number of ether oxygens (including phenoxy) is 2. The molecule has 1 saturated carbocycles. The summed E-state index contributed by atoms with van der Waals surface area (Å²) in [5.41, 5.74) is 0. The van der Waals surface area contributed by atoms with Crippen molar-refractivity contribution in [1.29, 1.82) is 0 Å². The third-order valence-corrected chi connectivity index (χ3v) is 9.20. The summed E-state index contributed by atoms with van der Waals surface area (Å²) >= 11 is 0. The maximum Gasteiger partial charge on any atom is 0.308 e. The Balaban J connectivity index is 1.74. The van der Waals surface area contributed by atoms with E-state index in [1.54, 1.807) is 0 Å². The van der Waals surface area contributed by atoms with Gasteiger partial charge in [-0.05, 0) is 50.0 Å². The minimum atomic E-state index is -1.39. The average Bonchev–Trinajstić information content (AvgIpc) is 3.13. The molecule has 0 spiro atoms. The number of rotatable bonds is 5. The highest BCUT2D eigenvalue weighted by Crippen LogP contribution is 2.41. The molecular formula is C21H39NO3Si. The minimum absolute atomic E-state index is 0.0626. The van der Waals surface area contributed by atoms with Crippen LogP contribution in [0.15, 0.2) is 0 Å². The molecule has 0 amide bonds. The van der Waals surface area contributed by atoms with Gasteiger partial charge in [0, 0.05) is 12.0 Å². The lowest BCUT2D eigenvalue weighted by atomic mass is 9.75. The SMILES string of the molecule is CC(C)[C@@H]1CC[C@@H](C)C[C@H]1O[C@@H]1OC(=O)C[C@H]1[C@@H]1CCCN1[Si](C)(C)C. The molecule has 3 fully saturated rings. The fraction of sp³-hybridized carbons (Fsp3) is 0.952. The highest BCUT2D eigenvalue weighted by Gasteiger charge is 2.48. The zero-order valence-electron chi connectivity index (χ0n) is 17.7. The molecule has 0 N–H and O–H groups in total. The van der Waals surface area contributed by atoms with Gasteiger partial charge >= 0.3 is 5.97 Å². The number of nitrogens with zero attached hydrogens (tertiary/aromatic N) is 1. The van der Waals surface area contributed by atoms with Crippen LogP contribution in [0.5, 0.6) is 0 Å². The van der Waals surface area contributed by atoms with E-state index in [1.165, 1.54) is 32.2 Å². The number of esters is 1. The molecule has 2 aliphatic heterocycles. The first-order valence-electron chi connectivity index (χ1n) is 10.8. The molecule has 150 valence electrons. The summed E-state index contributed by atoms with van der Waals surface area (Å²) in [5, 5.41) is 0. The molecule has 26 heavy (non-hydrogen) atoms. The molecule has 2 saturated heterocycles. The highest BCUT2D eigenvalue weighted by molar-refractivity contribution is 6.73. The lowest BCUT2D eigenvalue weighted by Gasteiger charge is -2.42. The molecule has 0 bridgehead atoms. The van der Waals surface area contributed by atoms with Crippen LogP contribution in [-0.4, -0.2) is 43.8 Å². The van der Waals surface area contributed by atoms with Crippen LogP contribution in [0.1, 0.15) is 59.3 Å². The summed E-state index contributed by atoms with van der Waals surface area (Å²) in [5.74, 6) is 2.06. The van der Waals surface area contributed by atoms with Crippen LogP contribution < -0.4 is 0 Å². The predicted molar refractivity (Wildman–Crippen MR) is 107 cm³/mol. The van der Waals surface area contributed by atoms with E-state index < -0.39 is 8.24 Å². The van der Waals surface area contributed by atoms with Crippen LogP contribution in [-0.2, 0) is 14.3 Å². The third-order valence-electron chi connectivity index (χ3n) is 6.92. The van der Waals surface area contributed by atoms with E-state index >= 15 is 0 Å². The molecule has 0 aromatic rings. The summed E-state index contributed by atoms with van der Waals surface area (Å²) in [6.07, 6.45) is 6.49. The molecule has 0 aromatic carbocycles. The first-order chi connectivity index (χ1) is 12.2. The molecule has 2 heterocycles. The van der Waals surface area contributed by atoms with Crippen molar-refractivity contribution in [3.05, 3.63) is 0 Å². The largest absolute Gasteiger partial charge is 0.435 e. The van der Waals surface area contributed by atoms with Gasteiger partial charge in [-0.1, -0.05) is 46.8 Å². The molecular weight excluding hydrogens is 342 g/mol. The molecule has 4 nitrogen and oxygen atoms in total. The molecule has 1 aliphatic carbocycles. The van der Waals surface area contributed by atoms with Crippen molar-refractivity contribution in [1.82, 2.24) is 4.57 Å². The van der Waals surface area contributed by atoms with Crippen LogP contribution in [0.4, 0.5) is 0 Å². The number of carbonyl (C=O) groups is 1. The van der Waals surface area contributed by atoms with Gasteiger partial charge in [-0.15, -0.1) is 0 Å². The second-order valence-corrected chi connectivity index (χ2v) is 15.2. The zero-order chi connectivity index (χ0) is 19.1. The van der Waals surface area contributed by atoms with Crippen LogP contribution in [0.3, 0.4) is 0 Å². The van der Waals surface area contributed by atoms with Gasteiger partial charge in [0.2, 0.25) is 6.29 Å². The van der Waals surface area contributed by atoms with Crippen LogP contribution in [0.25, 0.3) is 0 Å². The molecule has 3 aliphatic rings. The van der Waals surface area contributed by atoms with Gasteiger partial charge in [0.25, 0.3) is 0 Å². The minimum Gasteiger partial charge on any atom is -0.435 e. The molecule has 0 aromatic heterocycles. The topological polar surface area (TPSA) is 38.8 Å². The Kier molecular flexibility index (Phi) is 6.20. The Labute approximate surface area is 161 Å². The second-order valence-electron chi connectivity index (χ2n) is 10.3. The second kappa shape index (κ2) is 7.92. The Morgan fingerprint density at radius 3 is 2.58 bits per heavy atom. The predicted octanol–water partition coefficient (Wildman–Crippen LogP) is 4.65. The van der Waals surface area contributed by atoms with Gasteiger partial charge in [-0.3, -0.25) is 4.79 Å². The Hall–Kier alpha value is -0.393. The molecule has 3 rings (SSSR count). The van der Waals surface area contributed by atoms with Gasteiger partial charge in [0.05, 0.1) is 12.5 Å². The molecule has 5 heteroatoms. The summed E-state index contributed by atoms with van der Waals surface area (Å²) < 4.78 is 15.0. The van der Waals surface area contributed by atoms with E-state index in [1.807, 2.05) is 0 Å². The van der Waals surface area contributed by atoms with E-state index in [-0.39, 0.29) is 24.3 Å². The van der Waals surface area contributed by atoms with Crippen molar-refractivity contribution in [3.8, 4) is 0 Å². The van der Waals surface area contributed by atoms with Crippen molar-refractivity contribution in [2.24, 2.45) is 23.7 Å². The number of carbonyl (C=O) groups excluding carboxylic acids is 1. The number of hydrogen-bond acceptors (Lipinski definition) is 4. The van der Waals surface area contributed by atoms with Crippen LogP contribution in [0.2, 0.25) is 19.6 Å². The van der Waals surface area contributed by atoms with E-state index in [9.17, 15) is 4.79 Å². The van der Waals surface area contributed by atoms with E-state index in [0.717, 1.165) is 6.42 Å². The number of hydrogen-bond donors (Lipinski definition) is 0. The van der Waals surface area contributed by atoms with Gasteiger partial charge in [0.1, 0.15) is 8.24 Å². The first kappa shape index (κ1) is 20.3. The quantitative estimate of drug-likeness (QED) is 0.513. The van der Waals surface area contributed by atoms with Crippen molar-refractivity contribution in [2.75, 3.05) is 6.54 Å². The van der Waals surface area contributed by atoms with Gasteiger partial charge in [0.15, 0.2) is 0 Å². The van der Waals surface area contributed by atoms with Gasteiger partial charge in [-0.2, -0.15) is 0 Å². The van der Waals surface area contributed by atoms with Gasteiger partial charge < -0.3 is 14.0 Å². The molecule has 0 radical (unpaired) electrons. The Morgan fingerprint density at radius 1 is 1.19 bits per heavy atom. The lowest BCUT2D eigenvalue weighted by molar-refractivity contribution is -0.199. The van der Waals surface area contributed by atoms with E-state index in [0.29, 0.717) is 30.2 Å². The van der Waals surface area contributed by atoms with Crippen molar-refractivity contribution >= 4 is 14.2 Å². The fourth-order valence-electron chi connectivity index (χ4n) is 5.51. The fourth-order valence-corrected chi connectivity index (χ4v) is 7.66. The van der Waals surface area contributed by atoms with Gasteiger partial charge in [-0.25, -0.2) is 0 Å². The molecule has 6 atom stereocenters. The van der Waals surface area contributed by atoms with Crippen molar-refractivity contribution < 1.29 is 14.3 Å². The van der Waals surface area contributed by atoms with Crippen molar-refractivity contribution in [2.45, 2.75) is 97.4 Å². The standard InChI is InChI=1S/C21H39NO3Si/c1-14(2)16-10-9-15(3)12-19(16)24-21-17(13-20(23)25-21)18-8-7-11-22(18)26(4,5)6/h14-19,21H,7-13H2,1-6H3/t15-,16+,17+,18+,19-,21-/m1/s1. The Morgan fingerprint density at radius 2 is 1.92 bits per heavy atom. The zero-order valence-corrected chi connectivity index (χ0v) is 18.7. The summed E-state index contributed by atoms with van der Waals surface area (Å²) in [7, 11) is -1.39. The van der Waals surface area contributed by atoms with E-state index in [2.05, 4.69) is 45.0 Å². The van der Waals surface area contributed by atoms with Crippen LogP contribution in [0, 0.1) is 23.7 Å². The van der Waals surface area contributed by atoms with Crippen LogP contribution >= 0.6 is 0 Å². The first-order valence-corrected chi connectivity index (χ1v) is 14.2. The molecule has 0 unspecified atom stereocenters. The average molecular weight is 382 g/mol. The normalized spacial score (nSPS) is 39.6. The lowest BCUT2D eigenvalue weighted by Crippen LogP contribution is -2.53. The Bertz CT molecular complexity index is 504. The third kappa shape index (κ3) is 4.36. The maximum absolute atomic E-state index is 12.2. The summed E-state index contributed by atoms with van der Waals surface area (Å²) in [6.45, 7) is 15.4. The highest BCUT2D eigenvalue weighted by atomic mass is 28.3. The smallest absolute Gasteiger partial charge is 0.308 e. The number of cyclic esters (lactones) is 1.